The molecule has 398 valence electrons. The van der Waals surface area contributed by atoms with E-state index < -0.39 is 0 Å². The number of rotatable bonds is 4. The highest BCUT2D eigenvalue weighted by Gasteiger charge is 2.29. The van der Waals surface area contributed by atoms with E-state index in [-0.39, 0.29) is 21.7 Å². The zero-order valence-electron chi connectivity index (χ0n) is 49.6. The molecule has 0 radical (unpaired) electrons. The van der Waals surface area contributed by atoms with E-state index in [1.807, 2.05) is 0 Å². The first-order valence-electron chi connectivity index (χ1n) is 29.7. The Bertz CT molecular complexity index is 5010. The van der Waals surface area contributed by atoms with Crippen LogP contribution in [0.25, 0.3) is 109 Å². The molecule has 0 bridgehead atoms. The van der Waals surface area contributed by atoms with E-state index in [2.05, 4.69) is 289 Å². The summed E-state index contributed by atoms with van der Waals surface area (Å²) in [6.45, 7) is 28.5. The lowest BCUT2D eigenvalue weighted by atomic mass is 9.77. The Labute approximate surface area is 481 Å². The van der Waals surface area contributed by atoms with Gasteiger partial charge in [-0.3, -0.25) is 0 Å². The number of fused-ring (bicyclic) bond motifs is 7. The van der Waals surface area contributed by atoms with E-state index >= 15 is 0 Å². The Hall–Kier alpha value is -8.58. The second-order valence-corrected chi connectivity index (χ2v) is 28.0. The molecule has 0 aliphatic heterocycles. The maximum absolute atomic E-state index is 2.55. The predicted molar refractivity (Wildman–Crippen MR) is 352 cm³/mol. The van der Waals surface area contributed by atoms with Gasteiger partial charge >= 0.3 is 0 Å². The van der Waals surface area contributed by atoms with Crippen molar-refractivity contribution in [2.75, 3.05) is 0 Å². The molecule has 0 N–H and O–H groups in total. The molecule has 0 heteroatoms. The Balaban J connectivity index is 1.26. The summed E-state index contributed by atoms with van der Waals surface area (Å²) in [5.41, 5.74) is 15.4. The summed E-state index contributed by atoms with van der Waals surface area (Å²) >= 11 is 0. The van der Waals surface area contributed by atoms with Gasteiger partial charge in [-0.05, 0) is 207 Å². The molecule has 0 saturated carbocycles. The lowest BCUT2D eigenvalue weighted by Gasteiger charge is -2.28. The highest BCUT2D eigenvalue weighted by Crippen LogP contribution is 2.49. The number of hydrogen-bond donors (Lipinski definition) is 0. The van der Waals surface area contributed by atoms with Crippen molar-refractivity contribution in [3.63, 3.8) is 0 Å². The fourth-order valence-electron chi connectivity index (χ4n) is 14.3. The second-order valence-electron chi connectivity index (χ2n) is 28.0. The van der Waals surface area contributed by atoms with Crippen molar-refractivity contribution in [3.05, 3.63) is 270 Å². The fraction of sp³-hybridized carbons (Fsp3) is 0.195. The smallest absolute Gasteiger partial charge is 0.000718 e. The van der Waals surface area contributed by atoms with Gasteiger partial charge in [0.15, 0.2) is 0 Å². The number of hydrogen-bond acceptors (Lipinski definition) is 0. The molecule has 13 aromatic rings. The molecule has 2 aliphatic carbocycles. The Morgan fingerprint density at radius 1 is 0.220 bits per heavy atom. The van der Waals surface area contributed by atoms with Gasteiger partial charge in [0.1, 0.15) is 0 Å². The van der Waals surface area contributed by atoms with Gasteiger partial charge in [0, 0.05) is 0 Å². The van der Waals surface area contributed by atoms with Crippen molar-refractivity contribution in [2.45, 2.75) is 105 Å². The normalized spacial score (nSPS) is 13.1. The zero-order valence-corrected chi connectivity index (χ0v) is 49.6. The van der Waals surface area contributed by atoms with Crippen molar-refractivity contribution in [3.8, 4) is 44.5 Å². The average Bonchev–Trinajstić information content (AvgIpc) is 1.56. The summed E-state index contributed by atoms with van der Waals surface area (Å²) in [6, 6.07) is 80.4. The van der Waals surface area contributed by atoms with Crippen LogP contribution in [0.1, 0.15) is 105 Å². The van der Waals surface area contributed by atoms with Crippen LogP contribution >= 0.6 is 0 Å². The molecule has 0 nitrogen and oxygen atoms in total. The van der Waals surface area contributed by atoms with Gasteiger partial charge < -0.3 is 0 Å². The summed E-state index contributed by atoms with van der Waals surface area (Å²) < 4.78 is 0. The molecule has 82 heavy (non-hydrogen) atoms. The van der Waals surface area contributed by atoms with E-state index in [0.29, 0.717) is 0 Å². The van der Waals surface area contributed by atoms with E-state index in [9.17, 15) is 0 Å². The predicted octanol–water partition coefficient (Wildman–Crippen LogP) is 22.2. The van der Waals surface area contributed by atoms with Crippen LogP contribution in [0.15, 0.2) is 206 Å². The van der Waals surface area contributed by atoms with E-state index in [1.165, 1.54) is 173 Å². The van der Waals surface area contributed by atoms with Gasteiger partial charge in [-0.25, -0.2) is 0 Å². The van der Waals surface area contributed by atoms with Crippen molar-refractivity contribution in [2.24, 2.45) is 0 Å². The molecule has 15 rings (SSSR count). The minimum Gasteiger partial charge on any atom is -0.0616 e. The molecule has 0 fully saturated rings. The minimum absolute atomic E-state index is 0.0806. The standard InChI is InChI=1S/C82H70/c1-79(2,3)53-39-51(40-54(45-53)80(4,5)6)69-67-43-49-25-13-14-26-50(49)44-68(67)70(52-41-55(81(7,8)9)46-56(42-52)82(10,11)12)76-64-36-38-66-74-65(37-35-63(73(64)74)75(69)76)77-71(59-33-21-27-47-23-15-17-29-57(47)59)61-31-19-20-32-62(61)72(78(66)77)60-34-22-28-48-24-16-18-30-58(48)60/h13-46H,1-12H3. The molecule has 2 aliphatic rings. The van der Waals surface area contributed by atoms with Crippen LogP contribution in [0, 0.1) is 41.7 Å². The van der Waals surface area contributed by atoms with Crippen molar-refractivity contribution in [1.29, 1.82) is 0 Å². The maximum atomic E-state index is 2.55. The van der Waals surface area contributed by atoms with Crippen LogP contribution in [-0.2, 0) is 21.7 Å². The molecule has 0 spiro atoms. The molecular formula is C82H70. The van der Waals surface area contributed by atoms with Crippen LogP contribution in [0.3, 0.4) is 0 Å². The molecule has 0 amide bonds. The Kier molecular flexibility index (Phi) is 10.7. The third kappa shape index (κ3) is 7.49. The summed E-state index contributed by atoms with van der Waals surface area (Å²) in [5.74, 6) is 0. The first-order valence-corrected chi connectivity index (χ1v) is 29.7. The van der Waals surface area contributed by atoms with E-state index in [1.54, 1.807) is 0 Å². The van der Waals surface area contributed by atoms with Crippen LogP contribution < -0.4 is 0 Å². The number of benzene rings is 13. The maximum Gasteiger partial charge on any atom is -0.000718 e. The zero-order chi connectivity index (χ0) is 56.5. The highest BCUT2D eigenvalue weighted by atomic mass is 14.3. The second kappa shape index (κ2) is 17.5. The van der Waals surface area contributed by atoms with Gasteiger partial charge in [0.25, 0.3) is 0 Å². The monoisotopic (exact) mass is 1050 g/mol. The van der Waals surface area contributed by atoms with Gasteiger partial charge in [-0.1, -0.05) is 277 Å². The summed E-state index contributed by atoms with van der Waals surface area (Å²) in [6.07, 6.45) is 0. The lowest BCUT2D eigenvalue weighted by molar-refractivity contribution is 0.568. The van der Waals surface area contributed by atoms with Gasteiger partial charge in [-0.2, -0.15) is 0 Å². The van der Waals surface area contributed by atoms with E-state index in [0.717, 1.165) is 0 Å². The van der Waals surface area contributed by atoms with Gasteiger partial charge in [0.05, 0.1) is 0 Å². The molecular weight excluding hydrogens is 985 g/mol. The average molecular weight is 1060 g/mol. The highest BCUT2D eigenvalue weighted by molar-refractivity contribution is 6.15. The van der Waals surface area contributed by atoms with E-state index in [4.69, 9.17) is 0 Å². The van der Waals surface area contributed by atoms with Crippen molar-refractivity contribution < 1.29 is 0 Å². The molecule has 0 unspecified atom stereocenters. The SMILES string of the molecule is CC(C)(C)c1cc(-c2c3c(c(-c4cc(C(C)(C)C)cc(C(C)(C)C)c4)c4cc5ccccc5cc24)=c2ccc4c5c(ccc=3c25)=c2c(-c3cccc5ccccc35)c3ccccc3c(-c3cccc5ccccc35)c2=4)cc(C(C)(C)C)c1. The molecule has 0 aromatic heterocycles. The first-order chi connectivity index (χ1) is 39.2. The summed E-state index contributed by atoms with van der Waals surface area (Å²) in [4.78, 5) is 0. The first kappa shape index (κ1) is 50.4. The minimum atomic E-state index is -0.0806. The molecule has 0 heterocycles. The lowest BCUT2D eigenvalue weighted by Crippen LogP contribution is -2.17. The molecule has 0 saturated heterocycles. The van der Waals surface area contributed by atoms with Crippen LogP contribution in [0.2, 0.25) is 0 Å². The largest absolute Gasteiger partial charge is 0.0616 e. The molecule has 13 aromatic carbocycles. The quantitative estimate of drug-likeness (QED) is 0.154. The Morgan fingerprint density at radius 3 is 0.829 bits per heavy atom. The van der Waals surface area contributed by atoms with Crippen LogP contribution in [-0.4, -0.2) is 0 Å². The summed E-state index contributed by atoms with van der Waals surface area (Å²) in [5, 5.41) is 25.9. The third-order valence-corrected chi connectivity index (χ3v) is 18.7. The third-order valence-electron chi connectivity index (χ3n) is 18.7. The van der Waals surface area contributed by atoms with Gasteiger partial charge in [-0.15, -0.1) is 0 Å². The van der Waals surface area contributed by atoms with Crippen LogP contribution in [0.5, 0.6) is 0 Å². The fourth-order valence-corrected chi connectivity index (χ4v) is 14.3. The van der Waals surface area contributed by atoms with Gasteiger partial charge in [0.2, 0.25) is 0 Å². The summed E-state index contributed by atoms with van der Waals surface area (Å²) in [7, 11) is 0. The topological polar surface area (TPSA) is 0 Å². The van der Waals surface area contributed by atoms with Crippen LogP contribution in [0.4, 0.5) is 0 Å². The molecule has 0 atom stereocenters. The Morgan fingerprint density at radius 2 is 0.500 bits per heavy atom. The van der Waals surface area contributed by atoms with Crippen molar-refractivity contribution in [1.82, 2.24) is 0 Å². The van der Waals surface area contributed by atoms with Crippen molar-refractivity contribution >= 4 is 64.6 Å².